The summed E-state index contributed by atoms with van der Waals surface area (Å²) in [5.74, 6) is 0. The predicted molar refractivity (Wildman–Crippen MR) is 64.6 cm³/mol. The normalized spacial score (nSPS) is 6.17. The Balaban J connectivity index is -0.000000101. The molecule has 0 heterocycles. The van der Waals surface area contributed by atoms with Crippen molar-refractivity contribution in [2.75, 3.05) is 0 Å². The Morgan fingerprint density at radius 2 is 1.33 bits per heavy atom. The van der Waals surface area contributed by atoms with Crippen LogP contribution in [-0.2, 0) is 43.8 Å². The van der Waals surface area contributed by atoms with Gasteiger partial charge in [0.2, 0.25) is 0 Å². The average Bonchev–Trinajstić information content (AvgIpc) is 1.85. The van der Waals surface area contributed by atoms with Crippen molar-refractivity contribution in [3.63, 3.8) is 0 Å². The van der Waals surface area contributed by atoms with Crippen molar-refractivity contribution in [3.05, 3.63) is 0 Å². The number of hydrogen-bond donors (Lipinski definition) is 2. The molecule has 12 heavy (non-hydrogen) atoms. The van der Waals surface area contributed by atoms with E-state index in [2.05, 4.69) is 73.4 Å². The van der Waals surface area contributed by atoms with Crippen LogP contribution in [0.3, 0.4) is 0 Å². The Morgan fingerprint density at radius 1 is 1.25 bits per heavy atom. The van der Waals surface area contributed by atoms with E-state index in [1.807, 2.05) is 0 Å². The monoisotopic (exact) mass is 326 g/mol. The zero-order valence-corrected chi connectivity index (χ0v) is 12.2. The molecule has 0 aromatic carbocycles. The molecule has 0 fully saturated rings. The van der Waals surface area contributed by atoms with Crippen molar-refractivity contribution >= 4 is 58.3 Å². The maximum Gasteiger partial charge on any atom is -0.0708 e. The number of thiocarbonyl (C=S) groups is 2. The first-order chi connectivity index (χ1) is 5.38. The Labute approximate surface area is 105 Å². The van der Waals surface area contributed by atoms with E-state index in [-0.39, 0.29) is 8.64 Å². The molecule has 0 atom stereocenters. The maximum atomic E-state index is 4.66. The van der Waals surface area contributed by atoms with Crippen molar-refractivity contribution in [2.45, 2.75) is 17.0 Å². The topological polar surface area (TPSA) is 52.0 Å². The van der Waals surface area contributed by atoms with E-state index in [4.69, 9.17) is 0 Å². The summed E-state index contributed by atoms with van der Waals surface area (Å²) < 4.78 is 0.167. The first-order valence-corrected chi connectivity index (χ1v) is 7.86. The molecule has 0 aromatic rings. The standard InChI is InChI=1S/C2H5.2CH3NS2.CH3.Mo/c1-2;2*2-1(3)4;;/h1H2,2H3;2*(H3,2,3,4);1H3;/q;;;;+2/p-2. The Kier molecular flexibility index (Phi) is 27.7. The van der Waals surface area contributed by atoms with Crippen LogP contribution in [-0.4, -0.2) is 8.64 Å². The Hall–Kier alpha value is 0.908. The molecule has 0 saturated carbocycles. The Bertz CT molecular complexity index is 98.0. The van der Waals surface area contributed by atoms with E-state index < -0.39 is 0 Å². The van der Waals surface area contributed by atoms with Gasteiger partial charge in [0.1, 0.15) is 0 Å². The molecule has 0 bridgehead atoms. The van der Waals surface area contributed by atoms with Crippen molar-refractivity contribution in [2.24, 2.45) is 11.5 Å². The summed E-state index contributed by atoms with van der Waals surface area (Å²) >= 11 is 17.0. The van der Waals surface area contributed by atoms with Gasteiger partial charge in [0, 0.05) is 0 Å². The van der Waals surface area contributed by atoms with Gasteiger partial charge in [-0.15, -0.1) is 0 Å². The first kappa shape index (κ1) is 18.6. The van der Waals surface area contributed by atoms with E-state index in [0.717, 1.165) is 0 Å². The smallest absolute Gasteiger partial charge is 0.0708 e. The third-order valence-electron chi connectivity index (χ3n) is 0.289. The van der Waals surface area contributed by atoms with Gasteiger partial charge in [-0.05, 0) is 0 Å². The van der Waals surface area contributed by atoms with Crippen molar-refractivity contribution in [1.29, 1.82) is 0 Å². The predicted octanol–water partition coefficient (Wildman–Crippen LogP) is 1.11. The third-order valence-corrected chi connectivity index (χ3v) is 1.71. The molecule has 0 unspecified atom stereocenters. The van der Waals surface area contributed by atoms with Gasteiger partial charge in [0.05, 0.1) is 0 Å². The fourth-order valence-electron chi connectivity index (χ4n) is 0. The molecular weight excluding hydrogens is 312 g/mol. The molecule has 0 amide bonds. The zero-order chi connectivity index (χ0) is 10.6. The van der Waals surface area contributed by atoms with Gasteiger partial charge in [-0.2, -0.15) is 0 Å². The van der Waals surface area contributed by atoms with Crippen LogP contribution >= 0.6 is 24.4 Å². The van der Waals surface area contributed by atoms with Crippen molar-refractivity contribution < 1.29 is 18.6 Å². The number of hydrogen-bond acceptors (Lipinski definition) is 4. The minimum absolute atomic E-state index is 0.0833. The molecule has 4 N–H and O–H groups in total. The van der Waals surface area contributed by atoms with Gasteiger partial charge in [-0.1, -0.05) is 8.64 Å². The van der Waals surface area contributed by atoms with Crippen LogP contribution in [0.4, 0.5) is 0 Å². The molecule has 0 rings (SSSR count). The molecule has 0 radical (unpaired) electrons. The molecule has 0 aromatic heterocycles. The molecule has 0 saturated heterocycles. The van der Waals surface area contributed by atoms with E-state index >= 15 is 0 Å². The Morgan fingerprint density at radius 3 is 1.33 bits per heavy atom. The second-order valence-electron chi connectivity index (χ2n) is 1.22. The van der Waals surface area contributed by atoms with Gasteiger partial charge < -0.3 is 61.2 Å². The zero-order valence-electron chi connectivity index (χ0n) is 6.90. The summed E-state index contributed by atoms with van der Waals surface area (Å²) in [6.07, 6.45) is 0. The van der Waals surface area contributed by atoms with Gasteiger partial charge in [-0.3, -0.25) is 0 Å². The summed E-state index contributed by atoms with van der Waals surface area (Å²) in [6, 6.07) is 0. The fraction of sp³-hybridized carbons (Fsp3) is 0.600. The van der Waals surface area contributed by atoms with Crippen LogP contribution in [0.5, 0.6) is 0 Å². The summed E-state index contributed by atoms with van der Waals surface area (Å²) in [5, 5.41) is 2.31. The van der Waals surface area contributed by atoms with E-state index in [1.165, 1.54) is 4.81 Å². The van der Waals surface area contributed by atoms with Gasteiger partial charge in [-0.25, -0.2) is 0 Å². The quantitative estimate of drug-likeness (QED) is 0.428. The van der Waals surface area contributed by atoms with Crippen LogP contribution in [0, 0.1) is 0 Å². The largest absolute Gasteiger partial charge is 0.415 e. The molecule has 0 aliphatic carbocycles. The van der Waals surface area contributed by atoms with E-state index in [0.29, 0.717) is 18.6 Å². The van der Waals surface area contributed by atoms with Gasteiger partial charge in [0.25, 0.3) is 0 Å². The summed E-state index contributed by atoms with van der Waals surface area (Å²) in [4.78, 5) is 1.45. The van der Waals surface area contributed by atoms with Gasteiger partial charge in [0.15, 0.2) is 0 Å². The van der Waals surface area contributed by atoms with Crippen LogP contribution in [0.2, 0.25) is 10.1 Å². The summed E-state index contributed by atoms with van der Waals surface area (Å²) in [5.41, 5.74) is 9.31. The van der Waals surface area contributed by atoms with E-state index in [1.54, 1.807) is 0 Å². The first-order valence-electron chi connectivity index (χ1n) is 2.80. The van der Waals surface area contributed by atoms with Crippen molar-refractivity contribution in [3.8, 4) is 0 Å². The van der Waals surface area contributed by atoms with E-state index in [9.17, 15) is 0 Å². The van der Waals surface area contributed by atoms with Crippen LogP contribution in [0.1, 0.15) is 6.92 Å². The second-order valence-corrected chi connectivity index (χ2v) is 6.33. The van der Waals surface area contributed by atoms with Gasteiger partial charge >= 0.3 is 35.6 Å². The summed E-state index contributed by atoms with van der Waals surface area (Å²) in [7, 11) is 0. The summed E-state index contributed by atoms with van der Waals surface area (Å²) in [6.45, 7) is 2.24. The van der Waals surface area contributed by atoms with Crippen LogP contribution < -0.4 is 11.5 Å². The molecule has 72 valence electrons. The van der Waals surface area contributed by atoms with Crippen LogP contribution in [0.25, 0.3) is 0 Å². The second kappa shape index (κ2) is 17.9. The minimum atomic E-state index is 0.0833. The van der Waals surface area contributed by atoms with Crippen molar-refractivity contribution in [1.82, 2.24) is 0 Å². The number of nitrogens with two attached hydrogens (primary N) is 2. The molecule has 0 aliphatic heterocycles. The minimum Gasteiger partial charge on any atom is -0.415 e. The molecule has 0 spiro atoms. The fourth-order valence-corrected chi connectivity index (χ4v) is 0. The third kappa shape index (κ3) is 294. The molecule has 7 heteroatoms. The van der Waals surface area contributed by atoms with Crippen LogP contribution in [0.15, 0.2) is 0 Å². The molecular formula is C5H12MoN2S4. The average molecular weight is 324 g/mol. The number of rotatable bonds is 1. The SMILES string of the molecule is C[CH2][Mo+2][CH3].NC(=S)[S-].NC(=S)[S-]. The molecule has 2 nitrogen and oxygen atoms in total. The maximum absolute atomic E-state index is 4.66. The molecule has 0 aliphatic rings.